The van der Waals surface area contributed by atoms with Crippen LogP contribution in [0.25, 0.3) is 0 Å². The average molecular weight is 262 g/mol. The van der Waals surface area contributed by atoms with Gasteiger partial charge in [-0.3, -0.25) is 9.78 Å². The van der Waals surface area contributed by atoms with Crippen LogP contribution < -0.4 is 10.6 Å². The summed E-state index contributed by atoms with van der Waals surface area (Å²) in [5, 5.41) is 5.99. The highest BCUT2D eigenvalue weighted by Crippen LogP contribution is 2.16. The predicted molar refractivity (Wildman–Crippen MR) is 76.4 cm³/mol. The Morgan fingerprint density at radius 3 is 3.11 bits per heavy atom. The van der Waals surface area contributed by atoms with Crippen LogP contribution in [0.2, 0.25) is 0 Å². The number of nitrogens with zero attached hydrogens (tertiary/aromatic N) is 2. The molecule has 1 aliphatic rings. The molecule has 5 nitrogen and oxygen atoms in total. The lowest BCUT2D eigenvalue weighted by molar-refractivity contribution is 0.0958. The molecule has 1 aliphatic heterocycles. The molecule has 2 N–H and O–H groups in total. The summed E-state index contributed by atoms with van der Waals surface area (Å²) >= 11 is 0. The lowest BCUT2D eigenvalue weighted by Crippen LogP contribution is -2.40. The topological polar surface area (TPSA) is 57.3 Å². The van der Waals surface area contributed by atoms with E-state index in [0.29, 0.717) is 11.7 Å². The third-order valence-corrected chi connectivity index (χ3v) is 3.68. The zero-order valence-electron chi connectivity index (χ0n) is 11.6. The van der Waals surface area contributed by atoms with Gasteiger partial charge in [-0.15, -0.1) is 0 Å². The monoisotopic (exact) mass is 262 g/mol. The Labute approximate surface area is 114 Å². The molecule has 19 heavy (non-hydrogen) atoms. The largest absolute Gasteiger partial charge is 0.383 e. The fourth-order valence-electron chi connectivity index (χ4n) is 2.43. The van der Waals surface area contributed by atoms with E-state index in [-0.39, 0.29) is 5.91 Å². The van der Waals surface area contributed by atoms with Gasteiger partial charge < -0.3 is 15.5 Å². The number of rotatable bonds is 4. The molecule has 1 aromatic rings. The van der Waals surface area contributed by atoms with E-state index in [1.807, 2.05) is 6.07 Å². The molecule has 1 unspecified atom stereocenters. The number of likely N-dealkylation sites (N-methyl/N-ethyl adjacent to an activating group) is 1. The smallest absolute Gasteiger partial charge is 0.269 e. The number of pyridine rings is 1. The second kappa shape index (κ2) is 6.52. The maximum Gasteiger partial charge on any atom is 0.269 e. The van der Waals surface area contributed by atoms with Crippen molar-refractivity contribution >= 4 is 11.6 Å². The second-order valence-electron chi connectivity index (χ2n) is 5.02. The van der Waals surface area contributed by atoms with Crippen molar-refractivity contribution in [1.29, 1.82) is 0 Å². The number of piperidine rings is 1. The number of aromatic nitrogens is 1. The first-order chi connectivity index (χ1) is 9.20. The Morgan fingerprint density at radius 2 is 2.37 bits per heavy atom. The zero-order chi connectivity index (χ0) is 13.7. The van der Waals surface area contributed by atoms with Crippen molar-refractivity contribution in [3.8, 4) is 0 Å². The van der Waals surface area contributed by atoms with E-state index >= 15 is 0 Å². The van der Waals surface area contributed by atoms with Crippen molar-refractivity contribution in [1.82, 2.24) is 15.2 Å². The zero-order valence-corrected chi connectivity index (χ0v) is 11.6. The van der Waals surface area contributed by atoms with Crippen molar-refractivity contribution in [3.05, 3.63) is 24.0 Å². The molecule has 1 atom stereocenters. The van der Waals surface area contributed by atoms with Gasteiger partial charge >= 0.3 is 0 Å². The van der Waals surface area contributed by atoms with Crippen LogP contribution >= 0.6 is 0 Å². The van der Waals surface area contributed by atoms with Crippen molar-refractivity contribution in [2.75, 3.05) is 32.5 Å². The predicted octanol–water partition coefficient (Wildman–Crippen LogP) is 1.34. The van der Waals surface area contributed by atoms with E-state index in [4.69, 9.17) is 0 Å². The van der Waals surface area contributed by atoms with Gasteiger partial charge in [0, 0.05) is 31.5 Å². The standard InChI is InChI=1S/C14H22N4O/c1-15-14(19)13-9-11(6-7-16-13)17-10-12-5-3-4-8-18(12)2/h6-7,9,12H,3-5,8,10H2,1-2H3,(H,15,19)(H,16,17). The highest BCUT2D eigenvalue weighted by Gasteiger charge is 2.18. The minimum absolute atomic E-state index is 0.154. The number of likely N-dealkylation sites (tertiary alicyclic amines) is 1. The van der Waals surface area contributed by atoms with Gasteiger partial charge in [-0.2, -0.15) is 0 Å². The van der Waals surface area contributed by atoms with Crippen molar-refractivity contribution < 1.29 is 4.79 Å². The van der Waals surface area contributed by atoms with Gasteiger partial charge in [0.1, 0.15) is 5.69 Å². The quantitative estimate of drug-likeness (QED) is 0.859. The van der Waals surface area contributed by atoms with Crippen LogP contribution in [0.1, 0.15) is 29.8 Å². The summed E-state index contributed by atoms with van der Waals surface area (Å²) in [5.41, 5.74) is 1.40. The van der Waals surface area contributed by atoms with Crippen LogP contribution in [-0.4, -0.2) is 49.0 Å². The van der Waals surface area contributed by atoms with E-state index in [2.05, 4.69) is 27.6 Å². The summed E-state index contributed by atoms with van der Waals surface area (Å²) in [5.74, 6) is -0.154. The van der Waals surface area contributed by atoms with Crippen LogP contribution in [0.3, 0.4) is 0 Å². The highest BCUT2D eigenvalue weighted by molar-refractivity contribution is 5.92. The molecule has 5 heteroatoms. The number of carbonyl (C=O) groups excluding carboxylic acids is 1. The number of anilines is 1. The lowest BCUT2D eigenvalue weighted by atomic mass is 10.0. The van der Waals surface area contributed by atoms with Crippen molar-refractivity contribution in [3.63, 3.8) is 0 Å². The summed E-state index contributed by atoms with van der Waals surface area (Å²) < 4.78 is 0. The molecule has 0 aliphatic carbocycles. The van der Waals surface area contributed by atoms with E-state index < -0.39 is 0 Å². The third kappa shape index (κ3) is 3.67. The molecule has 1 fully saturated rings. The minimum Gasteiger partial charge on any atom is -0.383 e. The van der Waals surface area contributed by atoms with E-state index in [9.17, 15) is 4.79 Å². The molecule has 1 amide bonds. The van der Waals surface area contributed by atoms with Crippen molar-refractivity contribution in [2.45, 2.75) is 25.3 Å². The Kier molecular flexibility index (Phi) is 4.74. The van der Waals surface area contributed by atoms with Crippen LogP contribution in [-0.2, 0) is 0 Å². The normalized spacial score (nSPS) is 20.0. The summed E-state index contributed by atoms with van der Waals surface area (Å²) in [6.45, 7) is 2.08. The van der Waals surface area contributed by atoms with Gasteiger partial charge in [-0.25, -0.2) is 0 Å². The molecule has 2 heterocycles. The first kappa shape index (κ1) is 13.8. The number of amides is 1. The molecule has 0 bridgehead atoms. The number of hydrogen-bond acceptors (Lipinski definition) is 4. The van der Waals surface area contributed by atoms with Crippen LogP contribution in [0, 0.1) is 0 Å². The minimum atomic E-state index is -0.154. The Balaban J connectivity index is 1.93. The first-order valence-electron chi connectivity index (χ1n) is 6.83. The van der Waals surface area contributed by atoms with Gasteiger partial charge in [0.2, 0.25) is 0 Å². The van der Waals surface area contributed by atoms with Gasteiger partial charge in [0.15, 0.2) is 0 Å². The van der Waals surface area contributed by atoms with Gasteiger partial charge in [-0.05, 0) is 38.6 Å². The fraction of sp³-hybridized carbons (Fsp3) is 0.571. The van der Waals surface area contributed by atoms with Crippen molar-refractivity contribution in [2.24, 2.45) is 0 Å². The molecule has 0 spiro atoms. The Bertz CT molecular complexity index is 435. The van der Waals surface area contributed by atoms with Gasteiger partial charge in [0.05, 0.1) is 0 Å². The molecule has 0 aromatic carbocycles. The molecule has 1 saturated heterocycles. The first-order valence-corrected chi connectivity index (χ1v) is 6.83. The van der Waals surface area contributed by atoms with Crippen LogP contribution in [0.15, 0.2) is 18.3 Å². The van der Waals surface area contributed by atoms with Gasteiger partial charge in [-0.1, -0.05) is 6.42 Å². The number of nitrogens with one attached hydrogen (secondary N) is 2. The molecule has 0 radical (unpaired) electrons. The molecule has 0 saturated carbocycles. The SMILES string of the molecule is CNC(=O)c1cc(NCC2CCCCN2C)ccn1. The van der Waals surface area contributed by atoms with Gasteiger partial charge in [0.25, 0.3) is 5.91 Å². The lowest BCUT2D eigenvalue weighted by Gasteiger charge is -2.32. The summed E-state index contributed by atoms with van der Waals surface area (Å²) in [4.78, 5) is 18.0. The van der Waals surface area contributed by atoms with E-state index in [0.717, 1.165) is 12.2 Å². The van der Waals surface area contributed by atoms with Crippen LogP contribution in [0.4, 0.5) is 5.69 Å². The number of hydrogen-bond donors (Lipinski definition) is 2. The number of carbonyl (C=O) groups is 1. The van der Waals surface area contributed by atoms with Crippen LogP contribution in [0.5, 0.6) is 0 Å². The third-order valence-electron chi connectivity index (χ3n) is 3.68. The molecule has 1 aromatic heterocycles. The fourth-order valence-corrected chi connectivity index (χ4v) is 2.43. The second-order valence-corrected chi connectivity index (χ2v) is 5.02. The maximum atomic E-state index is 11.5. The highest BCUT2D eigenvalue weighted by atomic mass is 16.1. The van der Waals surface area contributed by atoms with E-state index in [1.165, 1.54) is 25.8 Å². The summed E-state index contributed by atoms with van der Waals surface area (Å²) in [6.07, 6.45) is 5.49. The molecular weight excluding hydrogens is 240 g/mol. The molecule has 104 valence electrons. The molecular formula is C14H22N4O. The maximum absolute atomic E-state index is 11.5. The average Bonchev–Trinajstić information content (AvgIpc) is 2.46. The molecule has 2 rings (SSSR count). The summed E-state index contributed by atoms with van der Waals surface area (Å²) in [6, 6.07) is 4.27. The Morgan fingerprint density at radius 1 is 1.53 bits per heavy atom. The summed E-state index contributed by atoms with van der Waals surface area (Å²) in [7, 11) is 3.79. The van der Waals surface area contributed by atoms with E-state index in [1.54, 1.807) is 19.3 Å². The Hall–Kier alpha value is -1.62.